The highest BCUT2D eigenvalue weighted by Crippen LogP contribution is 2.37. The number of methoxy groups -OCH3 is 1. The standard InChI is InChI=1S/C18H23N3O5/c1-11-3-4-14(26-2)13(9-11)19-17(25)21-7-5-18(6-8-21)12(16(23)24)10-15(22)20-18/h3-4,9,12H,5-8,10H2,1-2H3,(H,19,25)(H,20,22)(H,23,24)/t12-/m1/s1. The normalized spacial score (nSPS) is 21.4. The van der Waals surface area contributed by atoms with Crippen LogP contribution in [0.25, 0.3) is 0 Å². The SMILES string of the molecule is COc1ccc(C)cc1NC(=O)N1CCC2(CC1)NC(=O)C[C@@H]2C(=O)O. The maximum Gasteiger partial charge on any atom is 0.321 e. The van der Waals surface area contributed by atoms with Crippen molar-refractivity contribution in [3.8, 4) is 5.75 Å². The minimum Gasteiger partial charge on any atom is -0.495 e. The highest BCUT2D eigenvalue weighted by molar-refractivity contribution is 5.91. The van der Waals surface area contributed by atoms with Crippen LogP contribution >= 0.6 is 0 Å². The van der Waals surface area contributed by atoms with E-state index in [1.165, 1.54) is 0 Å². The summed E-state index contributed by atoms with van der Waals surface area (Å²) in [6.07, 6.45) is 0.851. The predicted octanol–water partition coefficient (Wildman–Crippen LogP) is 1.59. The van der Waals surface area contributed by atoms with Crippen molar-refractivity contribution in [1.29, 1.82) is 0 Å². The van der Waals surface area contributed by atoms with Crippen molar-refractivity contribution in [2.75, 3.05) is 25.5 Å². The van der Waals surface area contributed by atoms with Gasteiger partial charge in [-0.1, -0.05) is 6.07 Å². The molecule has 26 heavy (non-hydrogen) atoms. The van der Waals surface area contributed by atoms with Crippen molar-refractivity contribution in [2.45, 2.75) is 31.7 Å². The van der Waals surface area contributed by atoms with Gasteiger partial charge in [0.15, 0.2) is 0 Å². The van der Waals surface area contributed by atoms with E-state index in [0.29, 0.717) is 37.4 Å². The maximum absolute atomic E-state index is 12.6. The summed E-state index contributed by atoms with van der Waals surface area (Å²) in [5.74, 6) is -1.37. The van der Waals surface area contributed by atoms with Crippen LogP contribution in [0.15, 0.2) is 18.2 Å². The summed E-state index contributed by atoms with van der Waals surface area (Å²) in [6.45, 7) is 2.68. The molecule has 2 aliphatic rings. The molecular formula is C18H23N3O5. The third-order valence-electron chi connectivity index (χ3n) is 5.28. The lowest BCUT2D eigenvalue weighted by molar-refractivity contribution is -0.144. The molecule has 3 rings (SSSR count). The van der Waals surface area contributed by atoms with Crippen LogP contribution in [0.5, 0.6) is 5.75 Å². The van der Waals surface area contributed by atoms with Gasteiger partial charge in [-0.15, -0.1) is 0 Å². The Morgan fingerprint density at radius 3 is 2.65 bits per heavy atom. The summed E-state index contributed by atoms with van der Waals surface area (Å²) in [6, 6.07) is 5.26. The average molecular weight is 361 g/mol. The van der Waals surface area contributed by atoms with Gasteiger partial charge in [-0.25, -0.2) is 4.79 Å². The van der Waals surface area contributed by atoms with Gasteiger partial charge < -0.3 is 25.4 Å². The second-order valence-corrected chi connectivity index (χ2v) is 6.92. The fourth-order valence-corrected chi connectivity index (χ4v) is 3.82. The zero-order valence-corrected chi connectivity index (χ0v) is 14.9. The van der Waals surface area contributed by atoms with Gasteiger partial charge in [0.25, 0.3) is 0 Å². The van der Waals surface area contributed by atoms with Crippen LogP contribution in [0, 0.1) is 12.8 Å². The van der Waals surface area contributed by atoms with Crippen molar-refractivity contribution in [3.05, 3.63) is 23.8 Å². The smallest absolute Gasteiger partial charge is 0.321 e. The quantitative estimate of drug-likeness (QED) is 0.758. The second-order valence-electron chi connectivity index (χ2n) is 6.92. The van der Waals surface area contributed by atoms with Gasteiger partial charge in [0.1, 0.15) is 5.75 Å². The molecule has 140 valence electrons. The summed E-state index contributed by atoms with van der Waals surface area (Å²) in [4.78, 5) is 37.4. The number of likely N-dealkylation sites (tertiary alicyclic amines) is 1. The minimum atomic E-state index is -0.967. The maximum atomic E-state index is 12.6. The van der Waals surface area contributed by atoms with Crippen molar-refractivity contribution in [3.63, 3.8) is 0 Å². The van der Waals surface area contributed by atoms with Crippen LogP contribution in [0.2, 0.25) is 0 Å². The average Bonchev–Trinajstić information content (AvgIpc) is 2.92. The molecule has 8 nitrogen and oxygen atoms in total. The number of amides is 3. The topological polar surface area (TPSA) is 108 Å². The first-order chi connectivity index (χ1) is 12.3. The molecular weight excluding hydrogens is 338 g/mol. The van der Waals surface area contributed by atoms with Gasteiger partial charge in [0, 0.05) is 19.5 Å². The molecule has 0 unspecified atom stereocenters. The van der Waals surface area contributed by atoms with Crippen molar-refractivity contribution < 1.29 is 24.2 Å². The van der Waals surface area contributed by atoms with Gasteiger partial charge in [-0.05, 0) is 37.5 Å². The van der Waals surface area contributed by atoms with E-state index in [9.17, 15) is 19.5 Å². The first kappa shape index (κ1) is 18.0. The predicted molar refractivity (Wildman–Crippen MR) is 94.2 cm³/mol. The Balaban J connectivity index is 1.67. The lowest BCUT2D eigenvalue weighted by Crippen LogP contribution is -2.57. The minimum absolute atomic E-state index is 0.00200. The van der Waals surface area contributed by atoms with Gasteiger partial charge in [0.05, 0.1) is 24.3 Å². The molecule has 2 saturated heterocycles. The Bertz CT molecular complexity index is 740. The van der Waals surface area contributed by atoms with Gasteiger partial charge in [0.2, 0.25) is 5.91 Å². The van der Waals surface area contributed by atoms with Crippen LogP contribution in [0.3, 0.4) is 0 Å². The Kier molecular flexibility index (Phi) is 4.76. The number of carbonyl (C=O) groups is 3. The molecule has 0 aliphatic carbocycles. The number of anilines is 1. The van der Waals surface area contributed by atoms with E-state index in [1.54, 1.807) is 18.1 Å². The molecule has 2 aliphatic heterocycles. The number of benzene rings is 1. The molecule has 1 spiro atoms. The zero-order valence-electron chi connectivity index (χ0n) is 14.9. The fraction of sp³-hybridized carbons (Fsp3) is 0.500. The number of aryl methyl sites for hydroxylation is 1. The molecule has 0 radical (unpaired) electrons. The van der Waals surface area contributed by atoms with Crippen molar-refractivity contribution in [2.24, 2.45) is 5.92 Å². The van der Waals surface area contributed by atoms with Gasteiger partial charge in [-0.2, -0.15) is 0 Å². The Morgan fingerprint density at radius 2 is 2.04 bits per heavy atom. The van der Waals surface area contributed by atoms with E-state index < -0.39 is 17.4 Å². The third kappa shape index (κ3) is 3.31. The molecule has 0 aromatic heterocycles. The van der Waals surface area contributed by atoms with E-state index in [-0.39, 0.29) is 18.4 Å². The van der Waals surface area contributed by atoms with Crippen LogP contribution < -0.4 is 15.4 Å². The number of nitrogens with one attached hydrogen (secondary N) is 2. The number of hydrogen-bond acceptors (Lipinski definition) is 4. The van der Waals surface area contributed by atoms with E-state index in [0.717, 1.165) is 5.56 Å². The summed E-state index contributed by atoms with van der Waals surface area (Å²) in [5.41, 5.74) is 0.841. The van der Waals surface area contributed by atoms with E-state index in [2.05, 4.69) is 10.6 Å². The number of urea groups is 1. The van der Waals surface area contributed by atoms with E-state index in [1.807, 2.05) is 19.1 Å². The first-order valence-electron chi connectivity index (χ1n) is 8.59. The lowest BCUT2D eigenvalue weighted by Gasteiger charge is -2.41. The summed E-state index contributed by atoms with van der Waals surface area (Å²) < 4.78 is 5.27. The number of ether oxygens (including phenoxy) is 1. The molecule has 3 N–H and O–H groups in total. The molecule has 1 atom stereocenters. The van der Waals surface area contributed by atoms with Crippen LogP contribution in [0.4, 0.5) is 10.5 Å². The van der Waals surface area contributed by atoms with E-state index >= 15 is 0 Å². The number of aliphatic carboxylic acids is 1. The number of carboxylic acids is 1. The summed E-state index contributed by atoms with van der Waals surface area (Å²) >= 11 is 0. The van der Waals surface area contributed by atoms with Crippen LogP contribution in [0.1, 0.15) is 24.8 Å². The molecule has 1 aromatic carbocycles. The van der Waals surface area contributed by atoms with Crippen molar-refractivity contribution in [1.82, 2.24) is 10.2 Å². The molecule has 8 heteroatoms. The Morgan fingerprint density at radius 1 is 1.35 bits per heavy atom. The largest absolute Gasteiger partial charge is 0.495 e. The van der Waals surface area contributed by atoms with E-state index in [4.69, 9.17) is 4.74 Å². The monoisotopic (exact) mass is 361 g/mol. The zero-order chi connectivity index (χ0) is 18.9. The molecule has 1 aromatic rings. The lowest BCUT2D eigenvalue weighted by atomic mass is 9.78. The fourth-order valence-electron chi connectivity index (χ4n) is 3.82. The number of carbonyl (C=O) groups excluding carboxylic acids is 2. The molecule has 3 amide bonds. The second kappa shape index (κ2) is 6.86. The van der Waals surface area contributed by atoms with Gasteiger partial charge >= 0.3 is 12.0 Å². The molecule has 2 fully saturated rings. The summed E-state index contributed by atoms with van der Waals surface area (Å²) in [7, 11) is 1.54. The molecule has 0 saturated carbocycles. The number of nitrogens with zero attached hydrogens (tertiary/aromatic N) is 1. The molecule has 0 bridgehead atoms. The number of rotatable bonds is 3. The highest BCUT2D eigenvalue weighted by atomic mass is 16.5. The third-order valence-corrected chi connectivity index (χ3v) is 5.28. The number of piperidine rings is 1. The number of carboxylic acid groups (broad SMARTS) is 1. The number of hydrogen-bond donors (Lipinski definition) is 3. The molecule has 2 heterocycles. The first-order valence-corrected chi connectivity index (χ1v) is 8.59. The van der Waals surface area contributed by atoms with Crippen LogP contribution in [-0.2, 0) is 9.59 Å². The Hall–Kier alpha value is -2.77. The summed E-state index contributed by atoms with van der Waals surface area (Å²) in [5, 5.41) is 15.1. The highest BCUT2D eigenvalue weighted by Gasteiger charge is 2.52. The Labute approximate surface area is 151 Å². The van der Waals surface area contributed by atoms with Crippen molar-refractivity contribution >= 4 is 23.6 Å². The van der Waals surface area contributed by atoms with Crippen LogP contribution in [-0.4, -0.2) is 53.7 Å². The van der Waals surface area contributed by atoms with Gasteiger partial charge in [-0.3, -0.25) is 9.59 Å².